The second kappa shape index (κ2) is 9.10. The van der Waals surface area contributed by atoms with Gasteiger partial charge < -0.3 is 13.8 Å². The second-order valence-corrected chi connectivity index (χ2v) is 7.97. The van der Waals surface area contributed by atoms with Crippen molar-refractivity contribution in [3.63, 3.8) is 0 Å². The van der Waals surface area contributed by atoms with Crippen LogP contribution in [-0.4, -0.2) is 25.2 Å². The number of hydrogen-bond donors (Lipinski definition) is 0. The van der Waals surface area contributed by atoms with E-state index in [1.54, 1.807) is 13.8 Å². The first kappa shape index (κ1) is 19.6. The lowest BCUT2D eigenvalue weighted by molar-refractivity contribution is -0.108. The van der Waals surface area contributed by atoms with Gasteiger partial charge in [-0.1, -0.05) is 61.5 Å². The molecule has 0 heterocycles. The third-order valence-electron chi connectivity index (χ3n) is 4.18. The molecule has 4 nitrogen and oxygen atoms in total. The molecule has 0 aliphatic rings. The van der Waals surface area contributed by atoms with Crippen LogP contribution in [0, 0.1) is 0 Å². The summed E-state index contributed by atoms with van der Waals surface area (Å²) in [6, 6.07) is 18.0. The van der Waals surface area contributed by atoms with E-state index in [0.29, 0.717) is 6.29 Å². The van der Waals surface area contributed by atoms with Gasteiger partial charge in [0.2, 0.25) is 0 Å². The Morgan fingerprint density at radius 2 is 1.44 bits per heavy atom. The molecule has 0 aliphatic heterocycles. The second-order valence-electron chi connectivity index (χ2n) is 5.78. The number of aldehydes is 1. The monoisotopic (exact) mass is 360 g/mol. The Labute approximate surface area is 149 Å². The Kier molecular flexibility index (Phi) is 7.12. The highest BCUT2D eigenvalue weighted by Crippen LogP contribution is 2.56. The molecule has 0 aliphatic carbocycles. The summed E-state index contributed by atoms with van der Waals surface area (Å²) in [5.41, 5.74) is 2.33. The first-order chi connectivity index (χ1) is 12.1. The van der Waals surface area contributed by atoms with Crippen LogP contribution in [0.5, 0.6) is 0 Å². The summed E-state index contributed by atoms with van der Waals surface area (Å²) < 4.78 is 23.7. The summed E-state index contributed by atoms with van der Waals surface area (Å²) in [6.07, 6.45) is 0.696. The van der Waals surface area contributed by atoms with Crippen LogP contribution in [0.25, 0.3) is 11.1 Å². The van der Waals surface area contributed by atoms with Crippen LogP contribution in [0.2, 0.25) is 0 Å². The third-order valence-corrected chi connectivity index (χ3v) is 6.71. The van der Waals surface area contributed by atoms with Gasteiger partial charge in [0.15, 0.2) is 0 Å². The van der Waals surface area contributed by atoms with E-state index in [4.69, 9.17) is 9.05 Å². The van der Waals surface area contributed by atoms with Gasteiger partial charge in [-0.25, -0.2) is 0 Å². The van der Waals surface area contributed by atoms with E-state index < -0.39 is 13.3 Å². The minimum absolute atomic E-state index is 0.237. The topological polar surface area (TPSA) is 52.6 Å². The number of hydrogen-bond acceptors (Lipinski definition) is 4. The fraction of sp³-hybridized carbons (Fsp3) is 0.350. The molecule has 0 saturated heterocycles. The van der Waals surface area contributed by atoms with Crippen molar-refractivity contribution in [1.82, 2.24) is 0 Å². The molecule has 0 amide bonds. The van der Waals surface area contributed by atoms with Crippen LogP contribution in [0.4, 0.5) is 0 Å². The Morgan fingerprint density at radius 1 is 0.920 bits per heavy atom. The van der Waals surface area contributed by atoms with Crippen molar-refractivity contribution in [2.45, 2.75) is 32.3 Å². The summed E-state index contributed by atoms with van der Waals surface area (Å²) in [7, 11) is -3.49. The maximum Gasteiger partial charge on any atom is 0.341 e. The molecule has 0 N–H and O–H groups in total. The zero-order valence-electron chi connectivity index (χ0n) is 14.9. The molecular formula is C20H25O4P. The summed E-state index contributed by atoms with van der Waals surface area (Å²) in [5, 5.41) is 0. The van der Waals surface area contributed by atoms with Gasteiger partial charge in [-0.05, 0) is 30.5 Å². The molecule has 0 spiro atoms. The maximum atomic E-state index is 13.0. The lowest BCUT2D eigenvalue weighted by Gasteiger charge is -2.27. The molecule has 2 rings (SSSR count). The van der Waals surface area contributed by atoms with Crippen LogP contribution in [0.3, 0.4) is 0 Å². The van der Waals surface area contributed by atoms with Gasteiger partial charge in [0, 0.05) is 5.92 Å². The molecule has 2 atom stereocenters. The summed E-state index contributed by atoms with van der Waals surface area (Å²) >= 11 is 0. The Bertz CT molecular complexity index is 702. The maximum absolute atomic E-state index is 13.0. The predicted molar refractivity (Wildman–Crippen MR) is 101 cm³/mol. The molecule has 0 aromatic heterocycles. The van der Waals surface area contributed by atoms with Gasteiger partial charge in [0.1, 0.15) is 11.9 Å². The molecule has 134 valence electrons. The van der Waals surface area contributed by atoms with Gasteiger partial charge in [-0.2, -0.15) is 0 Å². The van der Waals surface area contributed by atoms with Crippen LogP contribution in [-0.2, 0) is 18.4 Å². The lowest BCUT2D eigenvalue weighted by Crippen LogP contribution is -2.21. The van der Waals surface area contributed by atoms with Crippen molar-refractivity contribution in [2.75, 3.05) is 13.2 Å². The van der Waals surface area contributed by atoms with Gasteiger partial charge in [0.25, 0.3) is 0 Å². The summed E-state index contributed by atoms with van der Waals surface area (Å²) in [6.45, 7) is 5.84. The van der Waals surface area contributed by atoms with Crippen LogP contribution < -0.4 is 0 Å². The molecule has 2 aromatic rings. The summed E-state index contributed by atoms with van der Waals surface area (Å²) in [4.78, 5) is 11.7. The van der Waals surface area contributed by atoms with E-state index in [0.717, 1.165) is 16.7 Å². The average Bonchev–Trinajstić information content (AvgIpc) is 2.63. The Hall–Kier alpha value is -1.74. The summed E-state index contributed by atoms with van der Waals surface area (Å²) in [5.74, 6) is -0.272. The van der Waals surface area contributed by atoms with E-state index >= 15 is 0 Å². The highest BCUT2D eigenvalue weighted by Gasteiger charge is 2.39. The fourth-order valence-corrected chi connectivity index (χ4v) is 4.85. The molecule has 5 heteroatoms. The smallest absolute Gasteiger partial charge is 0.308 e. The van der Waals surface area contributed by atoms with Crippen LogP contribution >= 0.6 is 7.60 Å². The highest BCUT2D eigenvalue weighted by atomic mass is 31.2. The molecule has 0 saturated carbocycles. The number of rotatable bonds is 9. The first-order valence-electron chi connectivity index (χ1n) is 8.55. The Morgan fingerprint density at radius 3 is 1.92 bits per heavy atom. The molecule has 0 fully saturated rings. The van der Waals surface area contributed by atoms with Crippen molar-refractivity contribution < 1.29 is 18.4 Å². The van der Waals surface area contributed by atoms with E-state index in [2.05, 4.69) is 0 Å². The minimum Gasteiger partial charge on any atom is -0.308 e. The van der Waals surface area contributed by atoms with Gasteiger partial charge >= 0.3 is 7.60 Å². The number of carbonyl (C=O) groups is 1. The van der Waals surface area contributed by atoms with Crippen LogP contribution in [0.1, 0.15) is 32.3 Å². The Balaban J connectivity index is 2.26. The van der Waals surface area contributed by atoms with Crippen molar-refractivity contribution in [3.8, 4) is 11.1 Å². The molecule has 2 unspecified atom stereocenters. The number of carbonyl (C=O) groups excluding carboxylic acids is 1. The van der Waals surface area contributed by atoms with Gasteiger partial charge in [0.05, 0.1) is 13.2 Å². The molecule has 0 radical (unpaired) electrons. The quantitative estimate of drug-likeness (QED) is 0.450. The normalized spacial score (nSPS) is 14.0. The van der Waals surface area contributed by atoms with Gasteiger partial charge in [-0.15, -0.1) is 0 Å². The van der Waals surface area contributed by atoms with Crippen molar-refractivity contribution in [3.05, 3.63) is 60.2 Å². The van der Waals surface area contributed by atoms with Crippen LogP contribution in [0.15, 0.2) is 54.6 Å². The molecule has 25 heavy (non-hydrogen) atoms. The zero-order chi connectivity index (χ0) is 18.3. The van der Waals surface area contributed by atoms with Crippen molar-refractivity contribution in [1.29, 1.82) is 0 Å². The van der Waals surface area contributed by atoms with E-state index in [1.165, 1.54) is 0 Å². The average molecular weight is 360 g/mol. The largest absolute Gasteiger partial charge is 0.341 e. The van der Waals surface area contributed by atoms with Crippen molar-refractivity contribution in [2.24, 2.45) is 0 Å². The van der Waals surface area contributed by atoms with Crippen molar-refractivity contribution >= 4 is 13.9 Å². The third kappa shape index (κ3) is 4.66. The minimum atomic E-state index is -3.49. The molecular weight excluding hydrogens is 335 g/mol. The highest BCUT2D eigenvalue weighted by molar-refractivity contribution is 7.55. The van der Waals surface area contributed by atoms with E-state index in [1.807, 2.05) is 61.5 Å². The first-order valence-corrected chi connectivity index (χ1v) is 10.2. The fourth-order valence-electron chi connectivity index (χ4n) is 2.84. The SMILES string of the molecule is CCOP(=O)(OCC)C(C=O)C(C)c1ccc(-c2ccccc2)cc1. The molecule has 2 aromatic carbocycles. The van der Waals surface area contributed by atoms with E-state index in [9.17, 15) is 9.36 Å². The predicted octanol–water partition coefficient (Wildman–Crippen LogP) is 5.29. The van der Waals surface area contributed by atoms with Gasteiger partial charge in [-0.3, -0.25) is 4.57 Å². The molecule has 0 bridgehead atoms. The lowest BCUT2D eigenvalue weighted by atomic mass is 9.95. The standard InChI is InChI=1S/C20H25O4P/c1-4-23-25(22,24-5-2)20(15-21)16(3)17-11-13-19(14-12-17)18-9-7-6-8-10-18/h6-16,20H,4-5H2,1-3H3. The van der Waals surface area contributed by atoms with E-state index in [-0.39, 0.29) is 19.1 Å². The zero-order valence-corrected chi connectivity index (χ0v) is 15.8. The number of benzene rings is 2.